The zero-order valence-electron chi connectivity index (χ0n) is 17.5. The van der Waals surface area contributed by atoms with Gasteiger partial charge in [0.1, 0.15) is 5.75 Å². The van der Waals surface area contributed by atoms with Crippen LogP contribution in [0.3, 0.4) is 0 Å². The number of amides is 3. The van der Waals surface area contributed by atoms with Gasteiger partial charge in [-0.2, -0.15) is 0 Å². The Kier molecular flexibility index (Phi) is 8.62. The Bertz CT molecular complexity index is 921. The molecule has 2 aromatic carbocycles. The van der Waals surface area contributed by atoms with Crippen LogP contribution in [0.15, 0.2) is 48.5 Å². The quantitative estimate of drug-likeness (QED) is 0.460. The molecule has 0 bridgehead atoms. The number of anilines is 1. The lowest BCUT2D eigenvalue weighted by Gasteiger charge is -2.09. The fourth-order valence-electron chi connectivity index (χ4n) is 2.64. The molecule has 30 heavy (non-hydrogen) atoms. The molecule has 0 atom stereocenters. The standard InChI is InChI=1S/C23H27N3O4/c1-4-30-19-9-6-18(7-10-19)8-12-22(28)25-26-23(29)14-13-21(27)24-20-11-5-16(2)15-17(20)3/h5-12,15H,4,13-14H2,1-3H3,(H,24,27)(H,25,28)(H,26,29)/b12-8+. The summed E-state index contributed by atoms with van der Waals surface area (Å²) >= 11 is 0. The normalized spacial score (nSPS) is 10.5. The van der Waals surface area contributed by atoms with Gasteiger partial charge in [-0.1, -0.05) is 29.8 Å². The highest BCUT2D eigenvalue weighted by molar-refractivity contribution is 5.95. The predicted molar refractivity (Wildman–Crippen MR) is 117 cm³/mol. The van der Waals surface area contributed by atoms with Crippen LogP contribution in [0.4, 0.5) is 5.69 Å². The molecule has 0 aromatic heterocycles. The third-order valence-corrected chi connectivity index (χ3v) is 4.18. The Balaban J connectivity index is 1.70. The fourth-order valence-corrected chi connectivity index (χ4v) is 2.64. The molecule has 2 rings (SSSR count). The molecule has 0 aliphatic rings. The highest BCUT2D eigenvalue weighted by Gasteiger charge is 2.09. The molecule has 7 heteroatoms. The van der Waals surface area contributed by atoms with E-state index >= 15 is 0 Å². The molecule has 0 aliphatic heterocycles. The van der Waals surface area contributed by atoms with Crippen molar-refractivity contribution in [2.75, 3.05) is 11.9 Å². The maximum Gasteiger partial charge on any atom is 0.262 e. The van der Waals surface area contributed by atoms with Crippen LogP contribution >= 0.6 is 0 Å². The lowest BCUT2D eigenvalue weighted by Crippen LogP contribution is -2.41. The van der Waals surface area contributed by atoms with Crippen molar-refractivity contribution in [1.82, 2.24) is 10.9 Å². The van der Waals surface area contributed by atoms with Gasteiger partial charge in [0.25, 0.3) is 5.91 Å². The van der Waals surface area contributed by atoms with Gasteiger partial charge in [0.15, 0.2) is 0 Å². The zero-order valence-corrected chi connectivity index (χ0v) is 17.5. The molecule has 7 nitrogen and oxygen atoms in total. The Hall–Kier alpha value is -3.61. The van der Waals surface area contributed by atoms with Crippen LogP contribution in [-0.4, -0.2) is 24.3 Å². The topological polar surface area (TPSA) is 96.5 Å². The van der Waals surface area contributed by atoms with Crippen molar-refractivity contribution in [3.05, 3.63) is 65.2 Å². The molecular formula is C23H27N3O4. The highest BCUT2D eigenvalue weighted by atomic mass is 16.5. The smallest absolute Gasteiger partial charge is 0.262 e. The number of ether oxygens (including phenoxy) is 1. The summed E-state index contributed by atoms with van der Waals surface area (Å²) < 4.78 is 5.36. The third kappa shape index (κ3) is 7.79. The summed E-state index contributed by atoms with van der Waals surface area (Å²) in [6.07, 6.45) is 2.90. The largest absolute Gasteiger partial charge is 0.494 e. The molecule has 0 saturated heterocycles. The molecule has 3 amide bonds. The molecule has 3 N–H and O–H groups in total. The van der Waals surface area contributed by atoms with Gasteiger partial charge in [0.05, 0.1) is 6.61 Å². The molecular weight excluding hydrogens is 382 g/mol. The fraction of sp³-hybridized carbons (Fsp3) is 0.261. The van der Waals surface area contributed by atoms with Gasteiger partial charge in [-0.15, -0.1) is 0 Å². The van der Waals surface area contributed by atoms with Crippen LogP contribution in [0.5, 0.6) is 5.75 Å². The van der Waals surface area contributed by atoms with E-state index in [0.29, 0.717) is 6.61 Å². The van der Waals surface area contributed by atoms with Gasteiger partial charge in [-0.3, -0.25) is 25.2 Å². The van der Waals surface area contributed by atoms with E-state index < -0.39 is 11.8 Å². The van der Waals surface area contributed by atoms with E-state index in [9.17, 15) is 14.4 Å². The van der Waals surface area contributed by atoms with Crippen LogP contribution in [0.1, 0.15) is 36.5 Å². The second kappa shape index (κ2) is 11.4. The second-order valence-corrected chi connectivity index (χ2v) is 6.74. The number of nitrogens with one attached hydrogen (secondary N) is 3. The molecule has 0 heterocycles. The molecule has 0 saturated carbocycles. The molecule has 0 unspecified atom stereocenters. The van der Waals surface area contributed by atoms with Crippen molar-refractivity contribution in [2.45, 2.75) is 33.6 Å². The van der Waals surface area contributed by atoms with E-state index in [-0.39, 0.29) is 18.7 Å². The number of carbonyl (C=O) groups excluding carboxylic acids is 3. The van der Waals surface area contributed by atoms with Gasteiger partial charge < -0.3 is 10.1 Å². The van der Waals surface area contributed by atoms with Gasteiger partial charge in [0.2, 0.25) is 11.8 Å². The minimum atomic E-state index is -0.475. The lowest BCUT2D eigenvalue weighted by molar-refractivity contribution is -0.128. The number of hydrazine groups is 1. The Labute approximate surface area is 176 Å². The van der Waals surface area contributed by atoms with Gasteiger partial charge in [0, 0.05) is 24.6 Å². The summed E-state index contributed by atoms with van der Waals surface area (Å²) in [5.41, 5.74) is 8.19. The van der Waals surface area contributed by atoms with Gasteiger partial charge in [-0.05, 0) is 56.2 Å². The minimum Gasteiger partial charge on any atom is -0.494 e. The first-order valence-corrected chi connectivity index (χ1v) is 9.74. The SMILES string of the molecule is CCOc1ccc(/C=C/C(=O)NNC(=O)CCC(=O)Nc2ccc(C)cc2C)cc1. The van der Waals surface area contributed by atoms with Gasteiger partial charge >= 0.3 is 0 Å². The van der Waals surface area contributed by atoms with E-state index in [1.165, 1.54) is 6.08 Å². The van der Waals surface area contributed by atoms with Crippen molar-refractivity contribution in [2.24, 2.45) is 0 Å². The third-order valence-electron chi connectivity index (χ3n) is 4.18. The molecule has 0 aliphatic carbocycles. The first-order chi connectivity index (χ1) is 14.4. The highest BCUT2D eigenvalue weighted by Crippen LogP contribution is 2.16. The summed E-state index contributed by atoms with van der Waals surface area (Å²) in [7, 11) is 0. The van der Waals surface area contributed by atoms with Crippen molar-refractivity contribution in [1.29, 1.82) is 0 Å². The first kappa shape index (κ1) is 22.7. The van der Waals surface area contributed by atoms with Crippen LogP contribution in [0.25, 0.3) is 6.08 Å². The molecule has 0 fully saturated rings. The van der Waals surface area contributed by atoms with Crippen LogP contribution in [0.2, 0.25) is 0 Å². The minimum absolute atomic E-state index is 0.0110. The number of hydrogen-bond donors (Lipinski definition) is 3. The zero-order chi connectivity index (χ0) is 21.9. The van der Waals surface area contributed by atoms with E-state index in [0.717, 1.165) is 28.1 Å². The maximum atomic E-state index is 12.0. The molecule has 0 radical (unpaired) electrons. The number of aryl methyl sites for hydroxylation is 2. The predicted octanol–water partition coefficient (Wildman–Crippen LogP) is 3.28. The maximum absolute atomic E-state index is 12.0. The first-order valence-electron chi connectivity index (χ1n) is 9.74. The lowest BCUT2D eigenvalue weighted by atomic mass is 10.1. The van der Waals surface area contributed by atoms with Crippen LogP contribution in [0, 0.1) is 13.8 Å². The van der Waals surface area contributed by atoms with E-state index in [1.54, 1.807) is 6.08 Å². The summed E-state index contributed by atoms with van der Waals surface area (Å²) in [6.45, 7) is 6.38. The van der Waals surface area contributed by atoms with Crippen LogP contribution < -0.4 is 20.9 Å². The van der Waals surface area contributed by atoms with Gasteiger partial charge in [-0.25, -0.2) is 0 Å². The summed E-state index contributed by atoms with van der Waals surface area (Å²) in [6, 6.07) is 13.0. The monoisotopic (exact) mass is 409 g/mol. The molecule has 0 spiro atoms. The number of hydrogen-bond acceptors (Lipinski definition) is 4. The van der Waals surface area contributed by atoms with E-state index in [4.69, 9.17) is 4.74 Å². The molecule has 2 aromatic rings. The average molecular weight is 409 g/mol. The van der Waals surface area contributed by atoms with E-state index in [1.807, 2.05) is 63.2 Å². The second-order valence-electron chi connectivity index (χ2n) is 6.74. The molecule has 158 valence electrons. The summed E-state index contributed by atoms with van der Waals surface area (Å²) in [5, 5.41) is 2.78. The summed E-state index contributed by atoms with van der Waals surface area (Å²) in [4.78, 5) is 35.7. The number of benzene rings is 2. The average Bonchev–Trinajstić information content (AvgIpc) is 2.72. The Morgan fingerprint density at radius 3 is 2.30 bits per heavy atom. The van der Waals surface area contributed by atoms with Crippen LogP contribution in [-0.2, 0) is 14.4 Å². The Morgan fingerprint density at radius 1 is 0.933 bits per heavy atom. The van der Waals surface area contributed by atoms with Crippen molar-refractivity contribution in [3.8, 4) is 5.75 Å². The number of rotatable bonds is 8. The Morgan fingerprint density at radius 2 is 1.63 bits per heavy atom. The van der Waals surface area contributed by atoms with E-state index in [2.05, 4.69) is 16.2 Å². The number of carbonyl (C=O) groups is 3. The summed E-state index contributed by atoms with van der Waals surface area (Å²) in [5.74, 6) is -0.433. The van der Waals surface area contributed by atoms with Crippen molar-refractivity contribution in [3.63, 3.8) is 0 Å². The van der Waals surface area contributed by atoms with Crippen molar-refractivity contribution < 1.29 is 19.1 Å². The van der Waals surface area contributed by atoms with Crippen molar-refractivity contribution >= 4 is 29.5 Å².